The van der Waals surface area contributed by atoms with Crippen molar-refractivity contribution in [1.82, 2.24) is 15.1 Å². The molecule has 2 aliphatic rings. The van der Waals surface area contributed by atoms with Gasteiger partial charge in [0.25, 0.3) is 5.91 Å². The van der Waals surface area contributed by atoms with Crippen molar-refractivity contribution >= 4 is 27.7 Å². The zero-order valence-corrected chi connectivity index (χ0v) is 15.7. The molecule has 2 amide bonds. The van der Waals surface area contributed by atoms with Gasteiger partial charge in [0, 0.05) is 50.2 Å². The van der Waals surface area contributed by atoms with Crippen molar-refractivity contribution in [1.29, 1.82) is 0 Å². The van der Waals surface area contributed by atoms with Crippen molar-refractivity contribution in [2.75, 3.05) is 39.3 Å². The second kappa shape index (κ2) is 8.27. The number of nitrogens with zero attached hydrogens (tertiary/aromatic N) is 2. The highest BCUT2D eigenvalue weighted by atomic mass is 79.9. The Balaban J connectivity index is 1.39. The van der Waals surface area contributed by atoms with Crippen LogP contribution >= 0.6 is 15.9 Å². The molecule has 25 heavy (non-hydrogen) atoms. The van der Waals surface area contributed by atoms with Gasteiger partial charge in [-0.1, -0.05) is 0 Å². The molecular formula is C18H23BrFN3O2. The van der Waals surface area contributed by atoms with Gasteiger partial charge in [-0.05, 0) is 52.9 Å². The first-order chi connectivity index (χ1) is 12.0. The van der Waals surface area contributed by atoms with Crippen LogP contribution in [0.5, 0.6) is 0 Å². The Hall–Kier alpha value is -1.47. The fourth-order valence-corrected chi connectivity index (χ4v) is 3.48. The largest absolute Gasteiger partial charge is 0.351 e. The minimum atomic E-state index is -0.464. The second-order valence-electron chi connectivity index (χ2n) is 6.75. The fourth-order valence-electron chi connectivity index (χ4n) is 3.05. The fraction of sp³-hybridized carbons (Fsp3) is 0.556. The van der Waals surface area contributed by atoms with Gasteiger partial charge in [0.1, 0.15) is 5.82 Å². The Morgan fingerprint density at radius 2 is 1.92 bits per heavy atom. The predicted molar refractivity (Wildman–Crippen MR) is 96.8 cm³/mol. The van der Waals surface area contributed by atoms with E-state index in [1.807, 2.05) is 4.90 Å². The molecule has 1 aliphatic carbocycles. The molecule has 1 saturated carbocycles. The van der Waals surface area contributed by atoms with Crippen LogP contribution in [-0.2, 0) is 4.79 Å². The van der Waals surface area contributed by atoms with Gasteiger partial charge in [-0.15, -0.1) is 0 Å². The summed E-state index contributed by atoms with van der Waals surface area (Å²) in [5, 5.41) is 2.69. The molecule has 0 spiro atoms. The maximum Gasteiger partial charge on any atom is 0.252 e. The number of amides is 2. The van der Waals surface area contributed by atoms with Crippen LogP contribution in [0.3, 0.4) is 0 Å². The lowest BCUT2D eigenvalue weighted by atomic mass is 10.2. The summed E-state index contributed by atoms with van der Waals surface area (Å²) in [6.45, 7) is 4.81. The first-order valence-corrected chi connectivity index (χ1v) is 9.55. The molecule has 3 rings (SSSR count). The highest BCUT2D eigenvalue weighted by Crippen LogP contribution is 2.29. The molecule has 5 nitrogen and oxygen atoms in total. The van der Waals surface area contributed by atoms with Crippen molar-refractivity contribution < 1.29 is 14.0 Å². The van der Waals surface area contributed by atoms with E-state index in [4.69, 9.17) is 0 Å². The first kappa shape index (κ1) is 18.3. The molecular weight excluding hydrogens is 389 g/mol. The molecule has 1 aromatic rings. The van der Waals surface area contributed by atoms with Gasteiger partial charge in [-0.25, -0.2) is 4.39 Å². The summed E-state index contributed by atoms with van der Waals surface area (Å²) in [6.07, 6.45) is 2.96. The van der Waals surface area contributed by atoms with Gasteiger partial charge < -0.3 is 10.2 Å². The van der Waals surface area contributed by atoms with E-state index in [0.717, 1.165) is 32.1 Å². The molecule has 0 atom stereocenters. The lowest BCUT2D eigenvalue weighted by Crippen LogP contribution is -2.49. The third-order valence-corrected chi connectivity index (χ3v) is 5.43. The van der Waals surface area contributed by atoms with Crippen LogP contribution in [0, 0.1) is 11.7 Å². The van der Waals surface area contributed by atoms with Gasteiger partial charge in [0.15, 0.2) is 0 Å². The van der Waals surface area contributed by atoms with E-state index in [9.17, 15) is 14.0 Å². The molecule has 1 aromatic carbocycles. The molecule has 7 heteroatoms. The minimum Gasteiger partial charge on any atom is -0.351 e. The zero-order chi connectivity index (χ0) is 17.8. The topological polar surface area (TPSA) is 52.7 Å². The summed E-state index contributed by atoms with van der Waals surface area (Å²) < 4.78 is 13.8. The Labute approximate surface area is 155 Å². The van der Waals surface area contributed by atoms with E-state index in [1.54, 1.807) is 0 Å². The highest BCUT2D eigenvalue weighted by molar-refractivity contribution is 9.10. The first-order valence-electron chi connectivity index (χ1n) is 8.76. The summed E-state index contributed by atoms with van der Waals surface area (Å²) >= 11 is 3.23. The summed E-state index contributed by atoms with van der Waals surface area (Å²) in [7, 11) is 0. The van der Waals surface area contributed by atoms with Gasteiger partial charge in [-0.3, -0.25) is 14.5 Å². The van der Waals surface area contributed by atoms with Gasteiger partial charge >= 0.3 is 0 Å². The SMILES string of the molecule is O=C(NCCC(=O)N1CCN(CC2CC2)CC1)c1cc(F)ccc1Br. The van der Waals surface area contributed by atoms with E-state index in [0.29, 0.717) is 4.47 Å². The zero-order valence-electron chi connectivity index (χ0n) is 14.1. The molecule has 0 aromatic heterocycles. The quantitative estimate of drug-likeness (QED) is 0.780. The summed E-state index contributed by atoms with van der Waals surface area (Å²) in [5.74, 6) is 0.0891. The standard InChI is InChI=1S/C18H23BrFN3O2/c19-16-4-3-14(20)11-15(16)18(25)21-6-5-17(24)23-9-7-22(8-10-23)12-13-1-2-13/h3-4,11,13H,1-2,5-10,12H2,(H,21,25). The Kier molecular flexibility index (Phi) is 6.06. The van der Waals surface area contributed by atoms with Crippen LogP contribution in [0.1, 0.15) is 29.6 Å². The lowest BCUT2D eigenvalue weighted by Gasteiger charge is -2.34. The number of carbonyl (C=O) groups excluding carboxylic acids is 2. The summed E-state index contributed by atoms with van der Waals surface area (Å²) in [6, 6.07) is 3.96. The minimum absolute atomic E-state index is 0.0599. The highest BCUT2D eigenvalue weighted by Gasteiger charge is 2.27. The second-order valence-corrected chi connectivity index (χ2v) is 7.61. The average Bonchev–Trinajstić information content (AvgIpc) is 3.41. The summed E-state index contributed by atoms with van der Waals surface area (Å²) in [5.41, 5.74) is 0.237. The van der Waals surface area contributed by atoms with E-state index in [-0.39, 0.29) is 30.3 Å². The van der Waals surface area contributed by atoms with Crippen molar-refractivity contribution in [2.45, 2.75) is 19.3 Å². The smallest absolute Gasteiger partial charge is 0.252 e. The van der Waals surface area contributed by atoms with Crippen molar-refractivity contribution in [2.24, 2.45) is 5.92 Å². The summed E-state index contributed by atoms with van der Waals surface area (Å²) in [4.78, 5) is 28.7. The number of nitrogens with one attached hydrogen (secondary N) is 1. The number of rotatable bonds is 6. The maximum absolute atomic E-state index is 13.2. The van der Waals surface area contributed by atoms with E-state index in [2.05, 4.69) is 26.1 Å². The van der Waals surface area contributed by atoms with Gasteiger partial charge in [0.2, 0.25) is 5.91 Å². The van der Waals surface area contributed by atoms with Crippen LogP contribution in [-0.4, -0.2) is 60.9 Å². The van der Waals surface area contributed by atoms with Crippen molar-refractivity contribution in [3.05, 3.63) is 34.1 Å². The van der Waals surface area contributed by atoms with Crippen molar-refractivity contribution in [3.63, 3.8) is 0 Å². The maximum atomic E-state index is 13.2. The number of benzene rings is 1. The molecule has 0 unspecified atom stereocenters. The molecule has 0 radical (unpaired) electrons. The third-order valence-electron chi connectivity index (χ3n) is 4.74. The molecule has 0 bridgehead atoms. The van der Waals surface area contributed by atoms with Crippen LogP contribution in [0.2, 0.25) is 0 Å². The van der Waals surface area contributed by atoms with Crippen LogP contribution in [0.25, 0.3) is 0 Å². The third kappa shape index (κ3) is 5.25. The van der Waals surface area contributed by atoms with E-state index >= 15 is 0 Å². The normalized spacial score (nSPS) is 18.2. The van der Waals surface area contributed by atoms with Crippen molar-refractivity contribution in [3.8, 4) is 0 Å². The van der Waals surface area contributed by atoms with Gasteiger partial charge in [-0.2, -0.15) is 0 Å². The lowest BCUT2D eigenvalue weighted by molar-refractivity contribution is -0.132. The number of hydrogen-bond acceptors (Lipinski definition) is 3. The number of piperazine rings is 1. The number of carbonyl (C=O) groups is 2. The van der Waals surface area contributed by atoms with E-state index < -0.39 is 5.82 Å². The van der Waals surface area contributed by atoms with Gasteiger partial charge in [0.05, 0.1) is 5.56 Å². The molecule has 136 valence electrons. The average molecular weight is 412 g/mol. The van der Waals surface area contributed by atoms with E-state index in [1.165, 1.54) is 37.6 Å². The Morgan fingerprint density at radius 1 is 1.20 bits per heavy atom. The Morgan fingerprint density at radius 3 is 2.60 bits per heavy atom. The molecule has 1 saturated heterocycles. The molecule has 1 N–H and O–H groups in total. The van der Waals surface area contributed by atoms with Crippen LogP contribution < -0.4 is 5.32 Å². The van der Waals surface area contributed by atoms with Crippen LogP contribution in [0.4, 0.5) is 4.39 Å². The molecule has 1 heterocycles. The monoisotopic (exact) mass is 411 g/mol. The Bertz CT molecular complexity index is 643. The molecule has 2 fully saturated rings. The number of hydrogen-bond donors (Lipinski definition) is 1. The predicted octanol–water partition coefficient (Wildman–Crippen LogP) is 2.26. The number of halogens is 2. The van der Waals surface area contributed by atoms with Crippen LogP contribution in [0.15, 0.2) is 22.7 Å². The molecule has 1 aliphatic heterocycles.